The molecule has 132 valence electrons. The van der Waals surface area contributed by atoms with Gasteiger partial charge in [-0.15, -0.1) is 0 Å². The minimum atomic E-state index is -0.340. The number of ether oxygens (including phenoxy) is 3. The Morgan fingerprint density at radius 1 is 1.15 bits per heavy atom. The number of halogens is 1. The molecule has 4 rings (SSSR count). The fourth-order valence-electron chi connectivity index (χ4n) is 2.44. The molecule has 0 aliphatic carbocycles. The first-order chi connectivity index (χ1) is 12.7. The van der Waals surface area contributed by atoms with Crippen LogP contribution in [0.4, 0.5) is 10.1 Å². The molecular formula is C18H14FN3O4. The van der Waals surface area contributed by atoms with Crippen molar-refractivity contribution in [2.45, 2.75) is 6.54 Å². The van der Waals surface area contributed by atoms with Crippen LogP contribution in [0.15, 0.2) is 54.9 Å². The van der Waals surface area contributed by atoms with Crippen molar-refractivity contribution in [3.05, 3.63) is 60.7 Å². The summed E-state index contributed by atoms with van der Waals surface area (Å²) in [7, 11) is 0. The van der Waals surface area contributed by atoms with Gasteiger partial charge in [0.25, 0.3) is 0 Å². The minimum Gasteiger partial charge on any atom is -0.454 e. The number of benzene rings is 2. The summed E-state index contributed by atoms with van der Waals surface area (Å²) in [5, 5.41) is 6.85. The molecule has 26 heavy (non-hydrogen) atoms. The lowest BCUT2D eigenvalue weighted by molar-refractivity contribution is -0.116. The molecule has 0 saturated carbocycles. The molecule has 0 atom stereocenters. The van der Waals surface area contributed by atoms with Crippen molar-refractivity contribution >= 4 is 11.6 Å². The van der Waals surface area contributed by atoms with Crippen molar-refractivity contribution in [3.8, 4) is 23.0 Å². The van der Waals surface area contributed by atoms with Gasteiger partial charge in [-0.25, -0.2) is 4.39 Å². The largest absolute Gasteiger partial charge is 0.454 e. The van der Waals surface area contributed by atoms with E-state index >= 15 is 0 Å². The summed E-state index contributed by atoms with van der Waals surface area (Å²) in [6, 6.07) is 10.8. The summed E-state index contributed by atoms with van der Waals surface area (Å²) in [4.78, 5) is 12.2. The van der Waals surface area contributed by atoms with Crippen LogP contribution in [0.2, 0.25) is 0 Å². The van der Waals surface area contributed by atoms with E-state index in [2.05, 4.69) is 10.4 Å². The number of carbonyl (C=O) groups is 1. The van der Waals surface area contributed by atoms with Gasteiger partial charge in [0.1, 0.15) is 18.1 Å². The average molecular weight is 355 g/mol. The van der Waals surface area contributed by atoms with Gasteiger partial charge in [0, 0.05) is 11.8 Å². The lowest BCUT2D eigenvalue weighted by atomic mass is 10.3. The van der Waals surface area contributed by atoms with Crippen molar-refractivity contribution in [3.63, 3.8) is 0 Å². The summed E-state index contributed by atoms with van der Waals surface area (Å²) in [5.74, 6) is 1.59. The molecule has 0 fully saturated rings. The number of nitrogens with zero attached hydrogens (tertiary/aromatic N) is 2. The normalized spacial score (nSPS) is 12.0. The van der Waals surface area contributed by atoms with Crippen LogP contribution in [0, 0.1) is 5.82 Å². The van der Waals surface area contributed by atoms with Crippen LogP contribution in [0.25, 0.3) is 0 Å². The maximum Gasteiger partial charge on any atom is 0.246 e. The van der Waals surface area contributed by atoms with E-state index in [1.807, 2.05) is 0 Å². The van der Waals surface area contributed by atoms with Crippen LogP contribution in [-0.2, 0) is 11.3 Å². The Morgan fingerprint density at radius 2 is 1.96 bits per heavy atom. The molecule has 1 aromatic heterocycles. The van der Waals surface area contributed by atoms with E-state index in [1.54, 1.807) is 24.4 Å². The standard InChI is InChI=1S/C18H14FN3O4/c19-12-1-4-14(5-2-12)26-15-8-20-22(9-15)10-18(23)21-13-3-6-16-17(7-13)25-11-24-16/h1-9H,10-11H2,(H,21,23). The smallest absolute Gasteiger partial charge is 0.246 e. The zero-order chi connectivity index (χ0) is 17.9. The van der Waals surface area contributed by atoms with Crippen molar-refractivity contribution < 1.29 is 23.4 Å². The maximum absolute atomic E-state index is 12.9. The molecule has 0 bridgehead atoms. The predicted molar refractivity (Wildman–Crippen MR) is 89.9 cm³/mol. The first-order valence-electron chi connectivity index (χ1n) is 7.81. The van der Waals surface area contributed by atoms with Gasteiger partial charge in [0.15, 0.2) is 17.2 Å². The zero-order valence-electron chi connectivity index (χ0n) is 13.5. The number of rotatable bonds is 5. The number of anilines is 1. The molecule has 1 aliphatic rings. The van der Waals surface area contributed by atoms with Gasteiger partial charge in [-0.2, -0.15) is 5.10 Å². The van der Waals surface area contributed by atoms with Crippen molar-refractivity contribution in [2.75, 3.05) is 12.1 Å². The summed E-state index contributed by atoms with van der Waals surface area (Å²) in [6.45, 7) is 0.193. The Balaban J connectivity index is 1.36. The number of amides is 1. The highest BCUT2D eigenvalue weighted by Crippen LogP contribution is 2.34. The Labute approximate surface area is 147 Å². The molecule has 2 aromatic carbocycles. The number of hydrogen-bond acceptors (Lipinski definition) is 5. The highest BCUT2D eigenvalue weighted by Gasteiger charge is 2.14. The van der Waals surface area contributed by atoms with E-state index in [0.29, 0.717) is 28.7 Å². The summed E-state index contributed by atoms with van der Waals surface area (Å²) < 4.78 is 30.4. The molecule has 7 nitrogen and oxygen atoms in total. The van der Waals surface area contributed by atoms with Gasteiger partial charge >= 0.3 is 0 Å². The first-order valence-corrected chi connectivity index (χ1v) is 7.81. The second-order valence-corrected chi connectivity index (χ2v) is 5.55. The molecule has 1 N–H and O–H groups in total. The third-order valence-electron chi connectivity index (χ3n) is 3.62. The number of hydrogen-bond donors (Lipinski definition) is 1. The molecule has 2 heterocycles. The predicted octanol–water partition coefficient (Wildman–Crippen LogP) is 3.18. The van der Waals surface area contributed by atoms with Gasteiger partial charge in [0.05, 0.1) is 12.4 Å². The quantitative estimate of drug-likeness (QED) is 0.761. The lowest BCUT2D eigenvalue weighted by Crippen LogP contribution is -2.18. The van der Waals surface area contributed by atoms with E-state index in [1.165, 1.54) is 35.1 Å². The summed E-state index contributed by atoms with van der Waals surface area (Å²) in [5.41, 5.74) is 0.606. The first kappa shape index (κ1) is 15.9. The van der Waals surface area contributed by atoms with Gasteiger partial charge in [-0.05, 0) is 36.4 Å². The summed E-state index contributed by atoms with van der Waals surface area (Å²) in [6.07, 6.45) is 3.07. The van der Waals surface area contributed by atoms with Crippen molar-refractivity contribution in [2.24, 2.45) is 0 Å². The van der Waals surface area contributed by atoms with Gasteiger partial charge < -0.3 is 19.5 Å². The van der Waals surface area contributed by atoms with Crippen LogP contribution in [-0.4, -0.2) is 22.5 Å². The monoisotopic (exact) mass is 355 g/mol. The molecule has 8 heteroatoms. The molecular weight excluding hydrogens is 341 g/mol. The van der Waals surface area contributed by atoms with E-state index in [9.17, 15) is 9.18 Å². The number of nitrogens with one attached hydrogen (secondary N) is 1. The van der Waals surface area contributed by atoms with E-state index in [0.717, 1.165) is 0 Å². The van der Waals surface area contributed by atoms with Crippen molar-refractivity contribution in [1.29, 1.82) is 0 Å². The van der Waals surface area contributed by atoms with Gasteiger partial charge in [0.2, 0.25) is 12.7 Å². The maximum atomic E-state index is 12.9. The minimum absolute atomic E-state index is 0.0151. The van der Waals surface area contributed by atoms with E-state index < -0.39 is 0 Å². The molecule has 0 spiro atoms. The van der Waals surface area contributed by atoms with Gasteiger partial charge in [-0.3, -0.25) is 9.48 Å². The fraction of sp³-hybridized carbons (Fsp3) is 0.111. The zero-order valence-corrected chi connectivity index (χ0v) is 13.5. The van der Waals surface area contributed by atoms with Crippen LogP contribution >= 0.6 is 0 Å². The van der Waals surface area contributed by atoms with Crippen LogP contribution < -0.4 is 19.5 Å². The third-order valence-corrected chi connectivity index (χ3v) is 3.62. The second-order valence-electron chi connectivity index (χ2n) is 5.55. The Bertz CT molecular complexity index is 940. The highest BCUT2D eigenvalue weighted by atomic mass is 19.1. The molecule has 1 aliphatic heterocycles. The van der Waals surface area contributed by atoms with Crippen LogP contribution in [0.1, 0.15) is 0 Å². The number of carbonyl (C=O) groups excluding carboxylic acids is 1. The van der Waals surface area contributed by atoms with E-state index in [-0.39, 0.29) is 25.1 Å². The van der Waals surface area contributed by atoms with E-state index in [4.69, 9.17) is 14.2 Å². The van der Waals surface area contributed by atoms with Crippen LogP contribution in [0.5, 0.6) is 23.0 Å². The third kappa shape index (κ3) is 3.59. The molecule has 1 amide bonds. The molecule has 0 radical (unpaired) electrons. The topological polar surface area (TPSA) is 74.6 Å². The number of aromatic nitrogens is 2. The lowest BCUT2D eigenvalue weighted by Gasteiger charge is -2.06. The number of fused-ring (bicyclic) bond motifs is 1. The van der Waals surface area contributed by atoms with Crippen molar-refractivity contribution in [1.82, 2.24) is 9.78 Å². The average Bonchev–Trinajstić information content (AvgIpc) is 3.25. The van der Waals surface area contributed by atoms with Crippen LogP contribution in [0.3, 0.4) is 0 Å². The SMILES string of the molecule is O=C(Cn1cc(Oc2ccc(F)cc2)cn1)Nc1ccc2c(c1)OCO2. The van der Waals surface area contributed by atoms with Gasteiger partial charge in [-0.1, -0.05) is 0 Å². The Kier molecular flexibility index (Phi) is 4.14. The Hall–Kier alpha value is -3.55. The molecule has 3 aromatic rings. The Morgan fingerprint density at radius 3 is 2.81 bits per heavy atom. The highest BCUT2D eigenvalue weighted by molar-refractivity contribution is 5.90. The fourth-order valence-corrected chi connectivity index (χ4v) is 2.44. The molecule has 0 unspecified atom stereocenters. The second kappa shape index (κ2) is 6.75. The molecule has 0 saturated heterocycles. The summed E-state index contributed by atoms with van der Waals surface area (Å²) >= 11 is 0.